The van der Waals surface area contributed by atoms with Crippen molar-refractivity contribution in [2.75, 3.05) is 51.3 Å². The Bertz CT molecular complexity index is 747. The zero-order valence-corrected chi connectivity index (χ0v) is 16.1. The molecule has 2 rings (SSSR count). The molecule has 10 heteroatoms. The number of carbonyl (C=O) groups is 2. The predicted octanol–water partition coefficient (Wildman–Crippen LogP) is -0.186. The zero-order chi connectivity index (χ0) is 19.9. The van der Waals surface area contributed by atoms with Gasteiger partial charge in [-0.05, 0) is 17.7 Å². The number of hydrogen-bond donors (Lipinski definition) is 2. The van der Waals surface area contributed by atoms with E-state index in [1.165, 1.54) is 18.4 Å². The number of sulfone groups is 1. The van der Waals surface area contributed by atoms with Crippen molar-refractivity contribution in [3.8, 4) is 0 Å². The molecule has 1 aliphatic heterocycles. The number of nitrogens with one attached hydrogen (secondary N) is 2. The fraction of sp³-hybridized carbons (Fsp3) is 0.529. The number of hydrogen-bond acceptors (Lipinski definition) is 5. The van der Waals surface area contributed by atoms with Crippen molar-refractivity contribution in [2.24, 2.45) is 0 Å². The first kappa shape index (κ1) is 21.1. The molecule has 1 aromatic rings. The van der Waals surface area contributed by atoms with Crippen LogP contribution in [0.15, 0.2) is 24.3 Å². The summed E-state index contributed by atoms with van der Waals surface area (Å²) in [4.78, 5) is 27.6. The standard InChI is InChI=1S/C17H25FN4O4S/c1-27(25,26)11-10-21-6-8-22(9-7-21)16(23)13-20-17(24)19-12-14-2-4-15(18)5-3-14/h2-5H,6-13H2,1H3,(H2,19,20,24). The largest absolute Gasteiger partial charge is 0.339 e. The van der Waals surface area contributed by atoms with E-state index in [-0.39, 0.29) is 30.6 Å². The minimum absolute atomic E-state index is 0.108. The molecule has 1 saturated heterocycles. The number of benzene rings is 1. The first-order valence-electron chi connectivity index (χ1n) is 8.67. The van der Waals surface area contributed by atoms with E-state index in [1.54, 1.807) is 17.0 Å². The Balaban J connectivity index is 1.64. The van der Waals surface area contributed by atoms with Gasteiger partial charge in [0.1, 0.15) is 15.7 Å². The average molecular weight is 400 g/mol. The quantitative estimate of drug-likeness (QED) is 0.661. The molecule has 0 unspecified atom stereocenters. The molecule has 27 heavy (non-hydrogen) atoms. The number of urea groups is 1. The Morgan fingerprint density at radius 3 is 2.30 bits per heavy atom. The molecular weight excluding hydrogens is 375 g/mol. The number of amides is 3. The summed E-state index contributed by atoms with van der Waals surface area (Å²) in [6, 6.07) is 5.30. The van der Waals surface area contributed by atoms with E-state index < -0.39 is 15.9 Å². The van der Waals surface area contributed by atoms with Gasteiger partial charge in [-0.2, -0.15) is 0 Å². The van der Waals surface area contributed by atoms with Gasteiger partial charge < -0.3 is 15.5 Å². The van der Waals surface area contributed by atoms with Crippen LogP contribution in [-0.4, -0.2) is 81.4 Å². The fourth-order valence-electron chi connectivity index (χ4n) is 2.63. The second-order valence-corrected chi connectivity index (χ2v) is 8.77. The van der Waals surface area contributed by atoms with Gasteiger partial charge in [0.25, 0.3) is 0 Å². The third-order valence-corrected chi connectivity index (χ3v) is 5.19. The topological polar surface area (TPSA) is 98.8 Å². The lowest BCUT2D eigenvalue weighted by Crippen LogP contribution is -2.52. The Morgan fingerprint density at radius 1 is 1.07 bits per heavy atom. The highest BCUT2D eigenvalue weighted by atomic mass is 32.2. The normalized spacial score (nSPS) is 15.4. The van der Waals surface area contributed by atoms with Crippen LogP contribution in [0.5, 0.6) is 0 Å². The maximum absolute atomic E-state index is 12.8. The van der Waals surface area contributed by atoms with Crippen LogP contribution in [0, 0.1) is 5.82 Å². The predicted molar refractivity (Wildman–Crippen MR) is 99.4 cm³/mol. The molecule has 0 saturated carbocycles. The average Bonchev–Trinajstić information content (AvgIpc) is 2.64. The van der Waals surface area contributed by atoms with E-state index in [2.05, 4.69) is 10.6 Å². The molecule has 150 valence electrons. The molecule has 0 spiro atoms. The second-order valence-electron chi connectivity index (χ2n) is 6.52. The molecule has 0 atom stereocenters. The molecule has 0 bridgehead atoms. The summed E-state index contributed by atoms with van der Waals surface area (Å²) in [5.41, 5.74) is 0.753. The lowest BCUT2D eigenvalue weighted by atomic mass is 10.2. The van der Waals surface area contributed by atoms with Crippen LogP contribution in [0.1, 0.15) is 5.56 Å². The minimum atomic E-state index is -2.99. The van der Waals surface area contributed by atoms with Gasteiger partial charge in [0.2, 0.25) is 5.91 Å². The monoisotopic (exact) mass is 400 g/mol. The summed E-state index contributed by atoms with van der Waals surface area (Å²) in [6.45, 7) is 2.81. The summed E-state index contributed by atoms with van der Waals surface area (Å²) >= 11 is 0. The number of nitrogens with zero attached hydrogens (tertiary/aromatic N) is 2. The molecule has 1 heterocycles. The lowest BCUT2D eigenvalue weighted by molar-refractivity contribution is -0.131. The molecule has 8 nitrogen and oxygen atoms in total. The maximum Gasteiger partial charge on any atom is 0.315 e. The number of piperazine rings is 1. The van der Waals surface area contributed by atoms with Crippen LogP contribution in [0.4, 0.5) is 9.18 Å². The van der Waals surface area contributed by atoms with E-state index >= 15 is 0 Å². The number of rotatable bonds is 7. The van der Waals surface area contributed by atoms with E-state index in [0.717, 1.165) is 5.56 Å². The minimum Gasteiger partial charge on any atom is -0.339 e. The molecule has 3 amide bonds. The highest BCUT2D eigenvalue weighted by Crippen LogP contribution is 2.03. The van der Waals surface area contributed by atoms with Crippen LogP contribution >= 0.6 is 0 Å². The molecule has 2 N–H and O–H groups in total. The zero-order valence-electron chi connectivity index (χ0n) is 15.3. The van der Waals surface area contributed by atoms with Gasteiger partial charge in [0.05, 0.1) is 12.3 Å². The summed E-state index contributed by atoms with van der Waals surface area (Å²) in [7, 11) is -2.99. The maximum atomic E-state index is 12.8. The lowest BCUT2D eigenvalue weighted by Gasteiger charge is -2.34. The number of halogens is 1. The summed E-state index contributed by atoms with van der Waals surface area (Å²) in [5.74, 6) is -0.420. The third kappa shape index (κ3) is 7.92. The van der Waals surface area contributed by atoms with Crippen molar-refractivity contribution >= 4 is 21.8 Å². The van der Waals surface area contributed by atoms with Gasteiger partial charge >= 0.3 is 6.03 Å². The van der Waals surface area contributed by atoms with Crippen LogP contribution < -0.4 is 10.6 Å². The van der Waals surface area contributed by atoms with Crippen molar-refractivity contribution in [2.45, 2.75) is 6.54 Å². The SMILES string of the molecule is CS(=O)(=O)CCN1CCN(C(=O)CNC(=O)NCc2ccc(F)cc2)CC1. The van der Waals surface area contributed by atoms with Gasteiger partial charge in [-0.15, -0.1) is 0 Å². The van der Waals surface area contributed by atoms with Crippen molar-refractivity contribution in [1.29, 1.82) is 0 Å². The van der Waals surface area contributed by atoms with Crippen molar-refractivity contribution in [3.63, 3.8) is 0 Å². The molecule has 0 aromatic heterocycles. The molecule has 1 aromatic carbocycles. The highest BCUT2D eigenvalue weighted by Gasteiger charge is 2.21. The van der Waals surface area contributed by atoms with Gasteiger partial charge in [-0.1, -0.05) is 12.1 Å². The Kier molecular flexibility index (Phi) is 7.55. The first-order valence-corrected chi connectivity index (χ1v) is 10.7. The fourth-order valence-corrected chi connectivity index (χ4v) is 3.22. The molecule has 1 aliphatic rings. The Hall–Kier alpha value is -2.20. The molecule has 1 fully saturated rings. The van der Waals surface area contributed by atoms with E-state index in [9.17, 15) is 22.4 Å². The van der Waals surface area contributed by atoms with Crippen LogP contribution in [-0.2, 0) is 21.2 Å². The Morgan fingerprint density at radius 2 is 1.70 bits per heavy atom. The van der Waals surface area contributed by atoms with E-state index in [0.29, 0.717) is 32.7 Å². The van der Waals surface area contributed by atoms with E-state index in [4.69, 9.17) is 0 Å². The van der Waals surface area contributed by atoms with Crippen LogP contribution in [0.3, 0.4) is 0 Å². The Labute approximate surface area is 158 Å². The summed E-state index contributed by atoms with van der Waals surface area (Å²) in [6.07, 6.45) is 1.21. The highest BCUT2D eigenvalue weighted by molar-refractivity contribution is 7.90. The van der Waals surface area contributed by atoms with Crippen LogP contribution in [0.25, 0.3) is 0 Å². The van der Waals surface area contributed by atoms with E-state index in [1.807, 2.05) is 4.90 Å². The second kappa shape index (κ2) is 9.65. The molecule has 0 aliphatic carbocycles. The van der Waals surface area contributed by atoms with Gasteiger partial charge in [0, 0.05) is 45.5 Å². The summed E-state index contributed by atoms with van der Waals surface area (Å²) < 4.78 is 35.2. The molecule has 0 radical (unpaired) electrons. The van der Waals surface area contributed by atoms with Crippen molar-refractivity contribution in [1.82, 2.24) is 20.4 Å². The van der Waals surface area contributed by atoms with Crippen molar-refractivity contribution < 1.29 is 22.4 Å². The van der Waals surface area contributed by atoms with Gasteiger partial charge in [-0.25, -0.2) is 17.6 Å². The van der Waals surface area contributed by atoms with Crippen molar-refractivity contribution in [3.05, 3.63) is 35.6 Å². The smallest absolute Gasteiger partial charge is 0.315 e. The first-order chi connectivity index (χ1) is 12.7. The van der Waals surface area contributed by atoms with Crippen LogP contribution in [0.2, 0.25) is 0 Å². The third-order valence-electron chi connectivity index (χ3n) is 4.27. The molecular formula is C17H25FN4O4S. The summed E-state index contributed by atoms with van der Waals surface area (Å²) in [5, 5.41) is 5.12. The van der Waals surface area contributed by atoms with Gasteiger partial charge in [0.15, 0.2) is 0 Å². The number of carbonyl (C=O) groups excluding carboxylic acids is 2. The van der Waals surface area contributed by atoms with Gasteiger partial charge in [-0.3, -0.25) is 9.69 Å².